The Kier molecular flexibility index (Phi) is 4.01. The van der Waals surface area contributed by atoms with E-state index < -0.39 is 0 Å². The van der Waals surface area contributed by atoms with Crippen LogP contribution in [0.1, 0.15) is 5.89 Å². The Balaban J connectivity index is 1.69. The summed E-state index contributed by atoms with van der Waals surface area (Å²) in [5.41, 5.74) is 0.776. The Morgan fingerprint density at radius 1 is 1.14 bits per heavy atom. The molecule has 0 aliphatic carbocycles. The highest BCUT2D eigenvalue weighted by Gasteiger charge is 2.07. The van der Waals surface area contributed by atoms with Crippen LogP contribution < -0.4 is 4.74 Å². The molecule has 0 bridgehead atoms. The molecule has 2 aromatic carbocycles. The van der Waals surface area contributed by atoms with Gasteiger partial charge in [0.1, 0.15) is 11.6 Å². The summed E-state index contributed by atoms with van der Waals surface area (Å²) in [5, 5.41) is 0. The Hall–Kier alpha value is -2.14. The molecule has 106 valence electrons. The maximum atomic E-state index is 12.9. The van der Waals surface area contributed by atoms with E-state index in [1.54, 1.807) is 18.3 Å². The van der Waals surface area contributed by atoms with Crippen molar-refractivity contribution >= 4 is 15.9 Å². The minimum absolute atomic E-state index is 0.234. The average Bonchev–Trinajstić information content (AvgIpc) is 2.95. The molecule has 0 atom stereocenters. The van der Waals surface area contributed by atoms with Crippen LogP contribution in [0, 0.1) is 5.82 Å². The van der Waals surface area contributed by atoms with Crippen molar-refractivity contribution in [1.29, 1.82) is 0 Å². The molecule has 21 heavy (non-hydrogen) atoms. The van der Waals surface area contributed by atoms with Crippen molar-refractivity contribution in [2.75, 3.05) is 0 Å². The molecule has 0 fully saturated rings. The van der Waals surface area contributed by atoms with Gasteiger partial charge in [-0.05, 0) is 42.5 Å². The summed E-state index contributed by atoms with van der Waals surface area (Å²) >= 11 is 3.38. The van der Waals surface area contributed by atoms with Gasteiger partial charge in [0.2, 0.25) is 5.89 Å². The molecule has 1 heterocycles. The summed E-state index contributed by atoms with van der Waals surface area (Å²) in [5.74, 6) is 1.50. The first-order chi connectivity index (χ1) is 10.2. The average molecular weight is 348 g/mol. The van der Waals surface area contributed by atoms with Crippen molar-refractivity contribution in [2.24, 2.45) is 0 Å². The number of hydrogen-bond acceptors (Lipinski definition) is 3. The summed E-state index contributed by atoms with van der Waals surface area (Å²) in [7, 11) is 0. The van der Waals surface area contributed by atoms with Crippen molar-refractivity contribution in [2.45, 2.75) is 6.61 Å². The van der Waals surface area contributed by atoms with Gasteiger partial charge in [0.25, 0.3) is 0 Å². The molecule has 3 nitrogen and oxygen atoms in total. The first-order valence-electron chi connectivity index (χ1n) is 6.30. The largest absolute Gasteiger partial charge is 0.484 e. The van der Waals surface area contributed by atoms with E-state index in [1.807, 2.05) is 24.3 Å². The molecule has 5 heteroatoms. The third kappa shape index (κ3) is 3.49. The van der Waals surface area contributed by atoms with Crippen LogP contribution in [0.5, 0.6) is 5.75 Å². The van der Waals surface area contributed by atoms with Gasteiger partial charge >= 0.3 is 0 Å². The van der Waals surface area contributed by atoms with Gasteiger partial charge in [0.05, 0.1) is 6.20 Å². The number of hydrogen-bond donors (Lipinski definition) is 0. The number of oxazole rings is 1. The van der Waals surface area contributed by atoms with Crippen molar-refractivity contribution in [3.05, 3.63) is 70.9 Å². The van der Waals surface area contributed by atoms with Gasteiger partial charge in [-0.1, -0.05) is 22.0 Å². The molecule has 0 saturated heterocycles. The Morgan fingerprint density at radius 3 is 2.71 bits per heavy atom. The highest BCUT2D eigenvalue weighted by atomic mass is 79.9. The molecule has 0 N–H and O–H groups in total. The van der Waals surface area contributed by atoms with Crippen molar-refractivity contribution in [1.82, 2.24) is 4.98 Å². The lowest BCUT2D eigenvalue weighted by atomic mass is 10.2. The predicted molar refractivity (Wildman–Crippen MR) is 80.4 cm³/mol. The zero-order chi connectivity index (χ0) is 14.7. The van der Waals surface area contributed by atoms with Crippen LogP contribution in [0.2, 0.25) is 0 Å². The first kappa shape index (κ1) is 13.8. The monoisotopic (exact) mass is 347 g/mol. The summed E-state index contributed by atoms with van der Waals surface area (Å²) in [6.07, 6.45) is 1.60. The van der Waals surface area contributed by atoms with E-state index in [9.17, 15) is 4.39 Å². The van der Waals surface area contributed by atoms with Gasteiger partial charge in [0, 0.05) is 10.0 Å². The van der Waals surface area contributed by atoms with Crippen LogP contribution in [-0.4, -0.2) is 4.98 Å². The molecule has 0 radical (unpaired) electrons. The topological polar surface area (TPSA) is 35.3 Å². The standard InChI is InChI=1S/C16H11BrFNO2/c17-12-2-1-3-14(8-12)20-10-16-19-9-15(21-16)11-4-6-13(18)7-5-11/h1-9H,10H2. The normalized spacial score (nSPS) is 10.6. The van der Waals surface area contributed by atoms with E-state index in [0.717, 1.165) is 15.8 Å². The fourth-order valence-electron chi connectivity index (χ4n) is 1.83. The van der Waals surface area contributed by atoms with Crippen LogP contribution >= 0.6 is 15.9 Å². The van der Waals surface area contributed by atoms with Crippen molar-refractivity contribution < 1.29 is 13.5 Å². The molecule has 3 aromatic rings. The lowest BCUT2D eigenvalue weighted by Gasteiger charge is -2.03. The summed E-state index contributed by atoms with van der Waals surface area (Å²) in [4.78, 5) is 4.16. The highest BCUT2D eigenvalue weighted by Crippen LogP contribution is 2.22. The van der Waals surface area contributed by atoms with E-state index in [0.29, 0.717) is 11.7 Å². The number of rotatable bonds is 4. The number of nitrogens with zero attached hydrogens (tertiary/aromatic N) is 1. The molecule has 1 aromatic heterocycles. The van der Waals surface area contributed by atoms with Crippen molar-refractivity contribution in [3.8, 4) is 17.1 Å². The SMILES string of the molecule is Fc1ccc(-c2cnc(COc3cccc(Br)c3)o2)cc1. The zero-order valence-electron chi connectivity index (χ0n) is 10.9. The molecule has 3 rings (SSSR count). The zero-order valence-corrected chi connectivity index (χ0v) is 12.5. The van der Waals surface area contributed by atoms with Crippen LogP contribution in [0.15, 0.2) is 63.6 Å². The maximum absolute atomic E-state index is 12.9. The molecule has 0 aliphatic rings. The third-order valence-electron chi connectivity index (χ3n) is 2.84. The second-order valence-corrected chi connectivity index (χ2v) is 5.29. The fraction of sp³-hybridized carbons (Fsp3) is 0.0625. The number of ether oxygens (including phenoxy) is 1. The summed E-state index contributed by atoms with van der Waals surface area (Å²) < 4.78 is 25.0. The highest BCUT2D eigenvalue weighted by molar-refractivity contribution is 9.10. The van der Waals surface area contributed by atoms with Gasteiger partial charge in [-0.25, -0.2) is 9.37 Å². The van der Waals surface area contributed by atoms with Crippen LogP contribution in [-0.2, 0) is 6.61 Å². The second-order valence-electron chi connectivity index (χ2n) is 4.37. The van der Waals surface area contributed by atoms with Gasteiger partial charge in [-0.15, -0.1) is 0 Å². The Morgan fingerprint density at radius 2 is 1.95 bits per heavy atom. The smallest absolute Gasteiger partial charge is 0.232 e. The van der Waals surface area contributed by atoms with Crippen LogP contribution in [0.25, 0.3) is 11.3 Å². The lowest BCUT2D eigenvalue weighted by Crippen LogP contribution is -1.95. The molecular weight excluding hydrogens is 337 g/mol. The van der Waals surface area contributed by atoms with E-state index in [2.05, 4.69) is 20.9 Å². The lowest BCUT2D eigenvalue weighted by molar-refractivity contribution is 0.264. The van der Waals surface area contributed by atoms with Crippen LogP contribution in [0.4, 0.5) is 4.39 Å². The van der Waals surface area contributed by atoms with Gasteiger partial charge in [-0.3, -0.25) is 0 Å². The molecule has 0 amide bonds. The summed E-state index contributed by atoms with van der Waals surface area (Å²) in [6.45, 7) is 0.234. The minimum atomic E-state index is -0.281. The maximum Gasteiger partial charge on any atom is 0.232 e. The van der Waals surface area contributed by atoms with E-state index in [4.69, 9.17) is 9.15 Å². The number of halogens is 2. The van der Waals surface area contributed by atoms with E-state index >= 15 is 0 Å². The van der Waals surface area contributed by atoms with Gasteiger partial charge < -0.3 is 9.15 Å². The predicted octanol–water partition coefficient (Wildman–Crippen LogP) is 4.82. The minimum Gasteiger partial charge on any atom is -0.484 e. The number of aromatic nitrogens is 1. The van der Waals surface area contributed by atoms with E-state index in [1.165, 1.54) is 12.1 Å². The van der Waals surface area contributed by atoms with Gasteiger partial charge in [-0.2, -0.15) is 0 Å². The Labute approximate surface area is 129 Å². The van der Waals surface area contributed by atoms with Crippen molar-refractivity contribution in [3.63, 3.8) is 0 Å². The quantitative estimate of drug-likeness (QED) is 0.678. The summed E-state index contributed by atoms with van der Waals surface area (Å²) in [6, 6.07) is 13.6. The first-order valence-corrected chi connectivity index (χ1v) is 7.09. The molecule has 0 saturated carbocycles. The fourth-order valence-corrected chi connectivity index (χ4v) is 2.20. The van der Waals surface area contributed by atoms with E-state index in [-0.39, 0.29) is 12.4 Å². The van der Waals surface area contributed by atoms with Gasteiger partial charge in [0.15, 0.2) is 12.4 Å². The Bertz CT molecular complexity index is 740. The molecular formula is C16H11BrFNO2. The van der Waals surface area contributed by atoms with Crippen LogP contribution in [0.3, 0.4) is 0 Å². The second kappa shape index (κ2) is 6.10. The third-order valence-corrected chi connectivity index (χ3v) is 3.33. The molecule has 0 unspecified atom stereocenters. The number of benzene rings is 2. The molecule has 0 spiro atoms. The molecule has 0 aliphatic heterocycles.